The summed E-state index contributed by atoms with van der Waals surface area (Å²) in [5.41, 5.74) is 0.958. The molecule has 3 aromatic rings. The fraction of sp³-hybridized carbons (Fsp3) is 0.421. The van der Waals surface area contributed by atoms with Crippen molar-refractivity contribution in [1.29, 1.82) is 0 Å². The van der Waals surface area contributed by atoms with E-state index in [1.54, 1.807) is 11.3 Å². The van der Waals surface area contributed by atoms with Crippen LogP contribution in [-0.4, -0.2) is 41.7 Å². The van der Waals surface area contributed by atoms with Gasteiger partial charge in [0.15, 0.2) is 10.8 Å². The highest BCUT2D eigenvalue weighted by Crippen LogP contribution is 2.31. The molecule has 4 rings (SSSR count). The van der Waals surface area contributed by atoms with E-state index >= 15 is 0 Å². The SMILES string of the molecule is FC(F)(F)CN1CCC(NCc2ccc(-c3nc4ccccc4s3)o2)CC1. The lowest BCUT2D eigenvalue weighted by molar-refractivity contribution is -0.148. The number of para-hydroxylation sites is 1. The largest absolute Gasteiger partial charge is 0.457 e. The number of thiazole rings is 1. The Balaban J connectivity index is 1.30. The molecule has 27 heavy (non-hydrogen) atoms. The van der Waals surface area contributed by atoms with Crippen molar-refractivity contribution in [2.24, 2.45) is 0 Å². The maximum atomic E-state index is 12.4. The molecule has 144 valence electrons. The van der Waals surface area contributed by atoms with Gasteiger partial charge in [-0.3, -0.25) is 4.90 Å². The molecule has 1 aliphatic rings. The van der Waals surface area contributed by atoms with Gasteiger partial charge in [-0.1, -0.05) is 12.1 Å². The van der Waals surface area contributed by atoms with Crippen LogP contribution in [0.1, 0.15) is 18.6 Å². The van der Waals surface area contributed by atoms with Crippen molar-refractivity contribution < 1.29 is 17.6 Å². The first-order valence-electron chi connectivity index (χ1n) is 8.93. The molecule has 0 aliphatic carbocycles. The first kappa shape index (κ1) is 18.5. The topological polar surface area (TPSA) is 41.3 Å². The van der Waals surface area contributed by atoms with Crippen LogP contribution in [-0.2, 0) is 6.54 Å². The van der Waals surface area contributed by atoms with E-state index in [0.29, 0.717) is 32.5 Å². The number of likely N-dealkylation sites (tertiary alicyclic amines) is 1. The van der Waals surface area contributed by atoms with Crippen molar-refractivity contribution in [3.63, 3.8) is 0 Å². The lowest BCUT2D eigenvalue weighted by Gasteiger charge is -2.32. The predicted molar refractivity (Wildman–Crippen MR) is 99.7 cm³/mol. The van der Waals surface area contributed by atoms with E-state index in [9.17, 15) is 13.2 Å². The van der Waals surface area contributed by atoms with Gasteiger partial charge in [0.1, 0.15) is 5.76 Å². The van der Waals surface area contributed by atoms with Gasteiger partial charge in [0.2, 0.25) is 0 Å². The maximum Gasteiger partial charge on any atom is 0.401 e. The number of piperidine rings is 1. The minimum atomic E-state index is -4.12. The van der Waals surface area contributed by atoms with Crippen molar-refractivity contribution >= 4 is 21.6 Å². The summed E-state index contributed by atoms with van der Waals surface area (Å²) in [4.78, 5) is 6.06. The zero-order valence-corrected chi connectivity index (χ0v) is 15.4. The molecule has 1 saturated heterocycles. The molecule has 4 nitrogen and oxygen atoms in total. The Bertz CT molecular complexity index is 864. The summed E-state index contributed by atoms with van der Waals surface area (Å²) < 4.78 is 44.4. The molecular formula is C19H20F3N3OS. The molecular weight excluding hydrogens is 375 g/mol. The monoisotopic (exact) mass is 395 g/mol. The number of rotatable bonds is 5. The smallest absolute Gasteiger partial charge is 0.401 e. The molecule has 1 fully saturated rings. The fourth-order valence-electron chi connectivity index (χ4n) is 3.36. The van der Waals surface area contributed by atoms with Gasteiger partial charge in [-0.25, -0.2) is 4.98 Å². The number of nitrogens with one attached hydrogen (secondary N) is 1. The Morgan fingerprint density at radius 3 is 2.67 bits per heavy atom. The summed E-state index contributed by atoms with van der Waals surface area (Å²) in [6.45, 7) is 0.677. The van der Waals surface area contributed by atoms with Crippen LogP contribution in [0.15, 0.2) is 40.8 Å². The average molecular weight is 395 g/mol. The highest BCUT2D eigenvalue weighted by atomic mass is 32.1. The molecule has 3 heterocycles. The molecule has 8 heteroatoms. The van der Waals surface area contributed by atoms with Gasteiger partial charge in [0.05, 0.1) is 23.3 Å². The van der Waals surface area contributed by atoms with E-state index in [2.05, 4.69) is 10.3 Å². The molecule has 0 saturated carbocycles. The van der Waals surface area contributed by atoms with Crippen molar-refractivity contribution in [3.8, 4) is 10.8 Å². The Labute approximate surface area is 159 Å². The summed E-state index contributed by atoms with van der Waals surface area (Å²) in [6, 6.07) is 12.0. The van der Waals surface area contributed by atoms with Gasteiger partial charge in [0.25, 0.3) is 0 Å². The second-order valence-corrected chi connectivity index (χ2v) is 7.83. The number of benzene rings is 1. The molecule has 0 bridgehead atoms. The van der Waals surface area contributed by atoms with Gasteiger partial charge in [-0.15, -0.1) is 11.3 Å². The maximum absolute atomic E-state index is 12.4. The fourth-order valence-corrected chi connectivity index (χ4v) is 4.29. The van der Waals surface area contributed by atoms with Gasteiger partial charge in [0, 0.05) is 6.04 Å². The lowest BCUT2D eigenvalue weighted by Crippen LogP contribution is -2.45. The molecule has 1 aliphatic heterocycles. The second kappa shape index (κ2) is 7.61. The van der Waals surface area contributed by atoms with Gasteiger partial charge >= 0.3 is 6.18 Å². The quantitative estimate of drug-likeness (QED) is 0.682. The predicted octanol–water partition coefficient (Wildman–Crippen LogP) is 4.67. The van der Waals surface area contributed by atoms with Gasteiger partial charge < -0.3 is 9.73 Å². The van der Waals surface area contributed by atoms with Crippen LogP contribution in [0.4, 0.5) is 13.2 Å². The third-order valence-corrected chi connectivity index (χ3v) is 5.77. The number of hydrogen-bond acceptors (Lipinski definition) is 5. The zero-order valence-electron chi connectivity index (χ0n) is 14.6. The summed E-state index contributed by atoms with van der Waals surface area (Å²) in [6.07, 6.45) is -2.70. The Hall–Kier alpha value is -1.90. The Morgan fingerprint density at radius 1 is 1.15 bits per heavy atom. The molecule has 1 N–H and O–H groups in total. The van der Waals surface area contributed by atoms with E-state index in [1.807, 2.05) is 36.4 Å². The molecule has 0 spiro atoms. The molecule has 0 unspecified atom stereocenters. The third kappa shape index (κ3) is 4.69. The van der Waals surface area contributed by atoms with Gasteiger partial charge in [-0.05, 0) is 50.2 Å². The first-order valence-corrected chi connectivity index (χ1v) is 9.75. The van der Waals surface area contributed by atoms with Crippen LogP contribution in [0, 0.1) is 0 Å². The van der Waals surface area contributed by atoms with Crippen molar-refractivity contribution in [1.82, 2.24) is 15.2 Å². The van der Waals surface area contributed by atoms with E-state index in [4.69, 9.17) is 4.42 Å². The highest BCUT2D eigenvalue weighted by Gasteiger charge is 2.32. The standard InChI is InChI=1S/C19H20F3N3OS/c20-19(21,22)12-25-9-7-13(8-10-25)23-11-14-5-6-16(26-14)18-24-15-3-1-2-4-17(15)27-18/h1-6,13,23H,7-12H2. The number of aromatic nitrogens is 1. The number of furan rings is 1. The van der Waals surface area contributed by atoms with E-state index in [0.717, 1.165) is 26.7 Å². The second-order valence-electron chi connectivity index (χ2n) is 6.80. The highest BCUT2D eigenvalue weighted by molar-refractivity contribution is 7.21. The lowest BCUT2D eigenvalue weighted by atomic mass is 10.1. The first-order chi connectivity index (χ1) is 13.0. The number of nitrogens with zero attached hydrogens (tertiary/aromatic N) is 2. The average Bonchev–Trinajstić information content (AvgIpc) is 3.26. The minimum Gasteiger partial charge on any atom is -0.457 e. The number of fused-ring (bicyclic) bond motifs is 1. The molecule has 1 aromatic carbocycles. The van der Waals surface area contributed by atoms with Crippen LogP contribution in [0.2, 0.25) is 0 Å². The summed E-state index contributed by atoms with van der Waals surface area (Å²) in [5.74, 6) is 1.55. The van der Waals surface area contributed by atoms with E-state index in [1.165, 1.54) is 4.90 Å². The molecule has 0 radical (unpaired) electrons. The number of halogens is 3. The summed E-state index contributed by atoms with van der Waals surface area (Å²) in [5, 5.41) is 4.24. The number of hydrogen-bond donors (Lipinski definition) is 1. The van der Waals surface area contributed by atoms with Crippen LogP contribution >= 0.6 is 11.3 Å². The normalized spacial score (nSPS) is 17.0. The van der Waals surface area contributed by atoms with Crippen LogP contribution in [0.5, 0.6) is 0 Å². The summed E-state index contributed by atoms with van der Waals surface area (Å²) >= 11 is 1.59. The number of alkyl halides is 3. The van der Waals surface area contributed by atoms with E-state index < -0.39 is 12.7 Å². The Morgan fingerprint density at radius 2 is 1.93 bits per heavy atom. The van der Waals surface area contributed by atoms with Crippen molar-refractivity contribution in [2.45, 2.75) is 31.6 Å². The van der Waals surface area contributed by atoms with Crippen LogP contribution in [0.3, 0.4) is 0 Å². The third-order valence-electron chi connectivity index (χ3n) is 4.72. The van der Waals surface area contributed by atoms with Crippen molar-refractivity contribution in [2.75, 3.05) is 19.6 Å². The van der Waals surface area contributed by atoms with Crippen LogP contribution < -0.4 is 5.32 Å². The van der Waals surface area contributed by atoms with Crippen molar-refractivity contribution in [3.05, 3.63) is 42.2 Å². The minimum absolute atomic E-state index is 0.213. The van der Waals surface area contributed by atoms with Gasteiger partial charge in [-0.2, -0.15) is 13.2 Å². The molecule has 0 amide bonds. The molecule has 2 aromatic heterocycles. The van der Waals surface area contributed by atoms with Crippen LogP contribution in [0.25, 0.3) is 21.0 Å². The summed E-state index contributed by atoms with van der Waals surface area (Å²) in [7, 11) is 0. The zero-order chi connectivity index (χ0) is 18.9. The molecule has 0 atom stereocenters. The van der Waals surface area contributed by atoms with E-state index in [-0.39, 0.29) is 6.04 Å². The Kier molecular flexibility index (Phi) is 5.21.